The Morgan fingerprint density at radius 1 is 1.26 bits per heavy atom. The first-order valence-electron chi connectivity index (χ1n) is 5.43. The van der Waals surface area contributed by atoms with Crippen molar-refractivity contribution in [3.05, 3.63) is 56.2 Å². The van der Waals surface area contributed by atoms with Crippen LogP contribution in [0.4, 0.5) is 13.2 Å². The standard InChI is InChI=1S/C13H10BrF3OS/c14-11-2-1-9(13(15,16)17)6-10(11)12(18)5-8-3-4-19-7-8/h1-4,6-7,12,18H,5H2. The van der Waals surface area contributed by atoms with E-state index in [0.717, 1.165) is 17.7 Å². The van der Waals surface area contributed by atoms with E-state index in [1.165, 1.54) is 17.4 Å². The molecule has 6 heteroatoms. The Labute approximate surface area is 120 Å². The average molecular weight is 351 g/mol. The number of benzene rings is 1. The maximum Gasteiger partial charge on any atom is 0.416 e. The normalized spacial score (nSPS) is 13.5. The van der Waals surface area contributed by atoms with Gasteiger partial charge < -0.3 is 5.11 Å². The van der Waals surface area contributed by atoms with E-state index in [1.807, 2.05) is 16.8 Å². The summed E-state index contributed by atoms with van der Waals surface area (Å²) in [6, 6.07) is 5.14. The molecule has 102 valence electrons. The molecule has 0 aliphatic rings. The zero-order chi connectivity index (χ0) is 14.0. The minimum Gasteiger partial charge on any atom is -0.388 e. The average Bonchev–Trinajstić information content (AvgIpc) is 2.80. The second-order valence-corrected chi connectivity index (χ2v) is 5.72. The number of alkyl halides is 3. The Morgan fingerprint density at radius 3 is 2.58 bits per heavy atom. The number of rotatable bonds is 3. The van der Waals surface area contributed by atoms with Crippen LogP contribution in [0.25, 0.3) is 0 Å². The molecule has 2 aromatic rings. The van der Waals surface area contributed by atoms with E-state index in [2.05, 4.69) is 15.9 Å². The fraction of sp³-hybridized carbons (Fsp3) is 0.231. The number of aliphatic hydroxyl groups is 1. The third kappa shape index (κ3) is 3.58. The summed E-state index contributed by atoms with van der Waals surface area (Å²) in [5.41, 5.74) is 0.401. The molecule has 2 rings (SSSR count). The lowest BCUT2D eigenvalue weighted by atomic mass is 10.0. The summed E-state index contributed by atoms with van der Waals surface area (Å²) in [5.74, 6) is 0. The fourth-order valence-corrected chi connectivity index (χ4v) is 2.91. The van der Waals surface area contributed by atoms with Crippen LogP contribution in [-0.4, -0.2) is 5.11 Å². The van der Waals surface area contributed by atoms with E-state index < -0.39 is 17.8 Å². The largest absolute Gasteiger partial charge is 0.416 e. The van der Waals surface area contributed by atoms with Gasteiger partial charge in [0.1, 0.15) is 0 Å². The molecular formula is C13H10BrF3OS. The molecule has 0 spiro atoms. The number of aliphatic hydroxyl groups excluding tert-OH is 1. The number of hydrogen-bond acceptors (Lipinski definition) is 2. The molecule has 1 N–H and O–H groups in total. The second-order valence-electron chi connectivity index (χ2n) is 4.09. The van der Waals surface area contributed by atoms with Crippen molar-refractivity contribution in [3.8, 4) is 0 Å². The van der Waals surface area contributed by atoms with Gasteiger partial charge in [-0.2, -0.15) is 24.5 Å². The molecule has 0 bridgehead atoms. The molecule has 0 saturated carbocycles. The van der Waals surface area contributed by atoms with Gasteiger partial charge in [0.05, 0.1) is 11.7 Å². The molecule has 19 heavy (non-hydrogen) atoms. The summed E-state index contributed by atoms with van der Waals surface area (Å²) in [6.45, 7) is 0. The van der Waals surface area contributed by atoms with Crippen molar-refractivity contribution in [2.24, 2.45) is 0 Å². The van der Waals surface area contributed by atoms with Crippen LogP contribution >= 0.6 is 27.3 Å². The lowest BCUT2D eigenvalue weighted by Gasteiger charge is -2.15. The summed E-state index contributed by atoms with van der Waals surface area (Å²) in [5, 5.41) is 13.8. The van der Waals surface area contributed by atoms with E-state index in [-0.39, 0.29) is 5.56 Å². The van der Waals surface area contributed by atoms with Crippen molar-refractivity contribution in [3.63, 3.8) is 0 Å². The van der Waals surface area contributed by atoms with Crippen LogP contribution in [0.1, 0.15) is 22.8 Å². The molecule has 1 heterocycles. The van der Waals surface area contributed by atoms with E-state index in [9.17, 15) is 18.3 Å². The smallest absolute Gasteiger partial charge is 0.388 e. The zero-order valence-electron chi connectivity index (χ0n) is 9.62. The van der Waals surface area contributed by atoms with Crippen LogP contribution < -0.4 is 0 Å². The topological polar surface area (TPSA) is 20.2 Å². The third-order valence-electron chi connectivity index (χ3n) is 2.69. The summed E-state index contributed by atoms with van der Waals surface area (Å²) >= 11 is 4.66. The molecule has 0 aliphatic heterocycles. The quantitative estimate of drug-likeness (QED) is 0.842. The van der Waals surface area contributed by atoms with Gasteiger partial charge in [0, 0.05) is 10.9 Å². The van der Waals surface area contributed by atoms with Gasteiger partial charge in [0.25, 0.3) is 0 Å². The Bertz CT molecular complexity index is 552. The highest BCUT2D eigenvalue weighted by molar-refractivity contribution is 9.10. The van der Waals surface area contributed by atoms with Crippen LogP contribution in [0, 0.1) is 0 Å². The van der Waals surface area contributed by atoms with Gasteiger partial charge in [-0.1, -0.05) is 15.9 Å². The van der Waals surface area contributed by atoms with Crippen molar-refractivity contribution in [2.75, 3.05) is 0 Å². The molecule has 0 amide bonds. The van der Waals surface area contributed by atoms with Crippen molar-refractivity contribution in [2.45, 2.75) is 18.7 Å². The van der Waals surface area contributed by atoms with Crippen molar-refractivity contribution < 1.29 is 18.3 Å². The van der Waals surface area contributed by atoms with Gasteiger partial charge in [-0.05, 0) is 46.2 Å². The summed E-state index contributed by atoms with van der Waals surface area (Å²) in [7, 11) is 0. The summed E-state index contributed by atoms with van der Waals surface area (Å²) in [6.07, 6.45) is -5.08. The molecule has 0 aliphatic carbocycles. The molecule has 0 radical (unpaired) electrons. The lowest BCUT2D eigenvalue weighted by Crippen LogP contribution is -2.08. The molecule has 1 aromatic carbocycles. The van der Waals surface area contributed by atoms with Gasteiger partial charge in [-0.25, -0.2) is 0 Å². The van der Waals surface area contributed by atoms with Crippen LogP contribution in [0.2, 0.25) is 0 Å². The highest BCUT2D eigenvalue weighted by Gasteiger charge is 2.31. The molecule has 1 atom stereocenters. The minimum absolute atomic E-state index is 0.251. The SMILES string of the molecule is OC(Cc1ccsc1)c1cc(C(F)(F)F)ccc1Br. The van der Waals surface area contributed by atoms with Crippen LogP contribution in [-0.2, 0) is 12.6 Å². The Balaban J connectivity index is 2.28. The maximum absolute atomic E-state index is 12.6. The second kappa shape index (κ2) is 5.64. The Hall–Kier alpha value is -0.850. The lowest BCUT2D eigenvalue weighted by molar-refractivity contribution is -0.137. The zero-order valence-corrected chi connectivity index (χ0v) is 12.0. The molecule has 0 fully saturated rings. The van der Waals surface area contributed by atoms with E-state index in [4.69, 9.17) is 0 Å². The molecule has 0 saturated heterocycles. The number of thiophene rings is 1. The van der Waals surface area contributed by atoms with Gasteiger partial charge in [0.15, 0.2) is 0 Å². The first-order chi connectivity index (χ1) is 8.88. The van der Waals surface area contributed by atoms with E-state index in [1.54, 1.807) is 0 Å². The summed E-state index contributed by atoms with van der Waals surface area (Å²) < 4.78 is 38.4. The molecule has 1 unspecified atom stereocenters. The third-order valence-corrected chi connectivity index (χ3v) is 4.15. The highest BCUT2D eigenvalue weighted by atomic mass is 79.9. The Morgan fingerprint density at radius 2 is 2.00 bits per heavy atom. The van der Waals surface area contributed by atoms with Crippen molar-refractivity contribution in [1.82, 2.24) is 0 Å². The maximum atomic E-state index is 12.6. The van der Waals surface area contributed by atoms with Gasteiger partial charge in [0.2, 0.25) is 0 Å². The summed E-state index contributed by atoms with van der Waals surface area (Å²) in [4.78, 5) is 0. The predicted octanol–water partition coefficient (Wildman–Crippen LogP) is 4.81. The Kier molecular flexibility index (Phi) is 4.32. The number of halogens is 4. The first kappa shape index (κ1) is 14.6. The monoisotopic (exact) mass is 350 g/mol. The van der Waals surface area contributed by atoms with Crippen LogP contribution in [0.3, 0.4) is 0 Å². The van der Waals surface area contributed by atoms with E-state index in [0.29, 0.717) is 10.9 Å². The van der Waals surface area contributed by atoms with Gasteiger partial charge in [-0.3, -0.25) is 0 Å². The highest BCUT2D eigenvalue weighted by Crippen LogP contribution is 2.34. The molecular weight excluding hydrogens is 341 g/mol. The minimum atomic E-state index is -4.41. The fourth-order valence-electron chi connectivity index (χ4n) is 1.72. The van der Waals surface area contributed by atoms with Crippen LogP contribution in [0.15, 0.2) is 39.5 Å². The first-order valence-corrected chi connectivity index (χ1v) is 7.17. The predicted molar refractivity (Wildman–Crippen MR) is 72.1 cm³/mol. The van der Waals surface area contributed by atoms with Gasteiger partial charge >= 0.3 is 6.18 Å². The number of hydrogen-bond donors (Lipinski definition) is 1. The van der Waals surface area contributed by atoms with E-state index >= 15 is 0 Å². The van der Waals surface area contributed by atoms with Crippen molar-refractivity contribution >= 4 is 27.3 Å². The molecule has 1 nitrogen and oxygen atoms in total. The van der Waals surface area contributed by atoms with Crippen LogP contribution in [0.5, 0.6) is 0 Å². The van der Waals surface area contributed by atoms with Crippen molar-refractivity contribution in [1.29, 1.82) is 0 Å². The molecule has 1 aromatic heterocycles. The van der Waals surface area contributed by atoms with Gasteiger partial charge in [-0.15, -0.1) is 0 Å².